The summed E-state index contributed by atoms with van der Waals surface area (Å²) in [4.78, 5) is 18.5. The molecule has 31 heavy (non-hydrogen) atoms. The van der Waals surface area contributed by atoms with E-state index in [1.807, 2.05) is 11.1 Å². The number of nitrogens with zero attached hydrogens (tertiary/aromatic N) is 2. The molecular weight excluding hydrogens is 396 g/mol. The van der Waals surface area contributed by atoms with Gasteiger partial charge in [0.25, 0.3) is 5.91 Å². The number of H-pyrrole nitrogens is 1. The number of hydrogen-bond acceptors (Lipinski definition) is 6. The maximum Gasteiger partial charge on any atom is 0.265 e. The van der Waals surface area contributed by atoms with Gasteiger partial charge >= 0.3 is 0 Å². The summed E-state index contributed by atoms with van der Waals surface area (Å²) < 4.78 is 16.0. The van der Waals surface area contributed by atoms with E-state index in [1.165, 1.54) is 32.3 Å². The van der Waals surface area contributed by atoms with Crippen LogP contribution in [0.2, 0.25) is 0 Å². The van der Waals surface area contributed by atoms with Gasteiger partial charge in [-0.05, 0) is 23.8 Å². The average Bonchev–Trinajstić information content (AvgIpc) is 3.22. The highest BCUT2D eigenvalue weighted by Crippen LogP contribution is 2.38. The molecule has 0 atom stereocenters. The van der Waals surface area contributed by atoms with E-state index in [-0.39, 0.29) is 5.91 Å². The van der Waals surface area contributed by atoms with Crippen molar-refractivity contribution in [2.75, 3.05) is 47.5 Å². The summed E-state index contributed by atoms with van der Waals surface area (Å²) in [6.07, 6.45) is 2.09. The summed E-state index contributed by atoms with van der Waals surface area (Å²) >= 11 is 0. The zero-order chi connectivity index (χ0) is 21.8. The van der Waals surface area contributed by atoms with Crippen LogP contribution in [0.5, 0.6) is 17.2 Å². The summed E-state index contributed by atoms with van der Waals surface area (Å²) in [6, 6.07) is 11.7. The van der Waals surface area contributed by atoms with Crippen molar-refractivity contribution in [1.29, 1.82) is 0 Å². The first-order valence-corrected chi connectivity index (χ1v) is 10.3. The molecule has 1 saturated heterocycles. The molecule has 2 N–H and O–H groups in total. The van der Waals surface area contributed by atoms with Crippen LogP contribution in [0, 0.1) is 0 Å². The predicted molar refractivity (Wildman–Crippen MR) is 119 cm³/mol. The van der Waals surface area contributed by atoms with E-state index < -0.39 is 0 Å². The normalized spacial score (nSPS) is 15.1. The highest BCUT2D eigenvalue weighted by molar-refractivity contribution is 5.95. The number of nitrogens with one attached hydrogen (secondary N) is 2. The van der Waals surface area contributed by atoms with Crippen molar-refractivity contribution in [3.05, 3.63) is 53.7 Å². The molecule has 164 valence electrons. The number of hydrazine groups is 1. The van der Waals surface area contributed by atoms with Crippen molar-refractivity contribution in [1.82, 2.24) is 20.3 Å². The molecule has 0 bridgehead atoms. The van der Waals surface area contributed by atoms with E-state index in [2.05, 4.69) is 39.7 Å². The number of aromatic nitrogens is 1. The van der Waals surface area contributed by atoms with Gasteiger partial charge in [-0.3, -0.25) is 15.1 Å². The molecule has 8 nitrogen and oxygen atoms in total. The van der Waals surface area contributed by atoms with Crippen LogP contribution < -0.4 is 19.6 Å². The molecule has 2 heterocycles. The topological polar surface area (TPSA) is 79.1 Å². The molecule has 1 fully saturated rings. The van der Waals surface area contributed by atoms with Gasteiger partial charge in [-0.25, -0.2) is 5.01 Å². The Morgan fingerprint density at radius 1 is 1.00 bits per heavy atom. The largest absolute Gasteiger partial charge is 0.493 e. The molecule has 0 aliphatic carbocycles. The van der Waals surface area contributed by atoms with Gasteiger partial charge in [0.2, 0.25) is 5.75 Å². The summed E-state index contributed by atoms with van der Waals surface area (Å²) in [5, 5.41) is 3.22. The molecule has 1 amide bonds. The number of ether oxygens (including phenoxy) is 3. The molecule has 1 aliphatic heterocycles. The van der Waals surface area contributed by atoms with E-state index in [0.29, 0.717) is 22.8 Å². The third-order valence-corrected chi connectivity index (χ3v) is 5.63. The van der Waals surface area contributed by atoms with Crippen molar-refractivity contribution in [2.24, 2.45) is 0 Å². The average molecular weight is 425 g/mol. The van der Waals surface area contributed by atoms with Crippen LogP contribution in [-0.4, -0.2) is 68.3 Å². The lowest BCUT2D eigenvalue weighted by Gasteiger charge is -2.34. The number of para-hydroxylation sites is 1. The van der Waals surface area contributed by atoms with Gasteiger partial charge < -0.3 is 19.2 Å². The molecule has 4 rings (SSSR count). The van der Waals surface area contributed by atoms with E-state index >= 15 is 0 Å². The van der Waals surface area contributed by atoms with Crippen LogP contribution >= 0.6 is 0 Å². The van der Waals surface area contributed by atoms with E-state index in [9.17, 15) is 4.79 Å². The molecule has 0 saturated carbocycles. The standard InChI is InChI=1S/C23H28N4O4/c1-29-20-12-16(13-21(30-2)22(20)31-3)23(28)25-27-10-8-26(9-11-27)15-17-14-24-19-7-5-4-6-18(17)19/h4-7,12-14,24H,8-11,15H2,1-3H3,(H,25,28). The maximum absolute atomic E-state index is 12.8. The zero-order valence-corrected chi connectivity index (χ0v) is 18.1. The summed E-state index contributed by atoms with van der Waals surface area (Å²) in [7, 11) is 4.60. The highest BCUT2D eigenvalue weighted by Gasteiger charge is 2.22. The SMILES string of the molecule is COc1cc(C(=O)NN2CCN(Cc3c[nH]c4ccccc34)CC2)cc(OC)c1OC. The fourth-order valence-corrected chi connectivity index (χ4v) is 3.94. The lowest BCUT2D eigenvalue weighted by Crippen LogP contribution is -2.53. The van der Waals surface area contributed by atoms with Gasteiger partial charge in [0.05, 0.1) is 21.3 Å². The number of hydrogen-bond donors (Lipinski definition) is 2. The van der Waals surface area contributed by atoms with Crippen LogP contribution in [0.25, 0.3) is 10.9 Å². The second-order valence-corrected chi connectivity index (χ2v) is 7.48. The number of carbonyl (C=O) groups is 1. The minimum Gasteiger partial charge on any atom is -0.493 e. The Morgan fingerprint density at radius 3 is 2.32 bits per heavy atom. The van der Waals surface area contributed by atoms with Gasteiger partial charge in [-0.15, -0.1) is 0 Å². The molecule has 3 aromatic rings. The zero-order valence-electron chi connectivity index (χ0n) is 18.1. The monoisotopic (exact) mass is 424 g/mol. The van der Waals surface area contributed by atoms with Crippen molar-refractivity contribution in [2.45, 2.75) is 6.54 Å². The maximum atomic E-state index is 12.8. The van der Waals surface area contributed by atoms with Gasteiger partial charge in [-0.1, -0.05) is 18.2 Å². The molecule has 1 aromatic heterocycles. The molecular formula is C23H28N4O4. The fourth-order valence-electron chi connectivity index (χ4n) is 3.94. The number of methoxy groups -OCH3 is 3. The quantitative estimate of drug-likeness (QED) is 0.607. The second-order valence-electron chi connectivity index (χ2n) is 7.48. The van der Waals surface area contributed by atoms with Gasteiger partial charge in [0, 0.05) is 55.4 Å². The minimum atomic E-state index is -0.204. The summed E-state index contributed by atoms with van der Waals surface area (Å²) in [6.45, 7) is 4.12. The summed E-state index contributed by atoms with van der Waals surface area (Å²) in [5.74, 6) is 1.17. The Balaban J connectivity index is 1.36. The first-order valence-electron chi connectivity index (χ1n) is 10.3. The number of aromatic amines is 1. The first kappa shape index (κ1) is 21.0. The third kappa shape index (κ3) is 4.45. The smallest absolute Gasteiger partial charge is 0.265 e. The van der Waals surface area contributed by atoms with Gasteiger partial charge in [0.15, 0.2) is 11.5 Å². The minimum absolute atomic E-state index is 0.204. The Hall–Kier alpha value is -3.23. The summed E-state index contributed by atoms with van der Waals surface area (Å²) in [5.41, 5.74) is 5.91. The Labute approximate surface area is 181 Å². The highest BCUT2D eigenvalue weighted by atomic mass is 16.5. The first-order chi connectivity index (χ1) is 15.1. The molecule has 8 heteroatoms. The molecule has 0 radical (unpaired) electrons. The van der Waals surface area contributed by atoms with E-state index in [0.717, 1.165) is 38.2 Å². The Bertz CT molecular complexity index is 1030. The molecule has 0 spiro atoms. The van der Waals surface area contributed by atoms with Crippen molar-refractivity contribution in [3.8, 4) is 17.2 Å². The molecule has 0 unspecified atom stereocenters. The van der Waals surface area contributed by atoms with E-state index in [4.69, 9.17) is 14.2 Å². The number of carbonyl (C=O) groups excluding carboxylic acids is 1. The molecule has 2 aromatic carbocycles. The Kier molecular flexibility index (Phi) is 6.29. The molecule has 1 aliphatic rings. The van der Waals surface area contributed by atoms with Gasteiger partial charge in [0.1, 0.15) is 0 Å². The van der Waals surface area contributed by atoms with Crippen molar-refractivity contribution >= 4 is 16.8 Å². The lowest BCUT2D eigenvalue weighted by molar-refractivity contribution is 0.0605. The van der Waals surface area contributed by atoms with Crippen LogP contribution in [0.1, 0.15) is 15.9 Å². The predicted octanol–water partition coefficient (Wildman–Crippen LogP) is 2.66. The van der Waals surface area contributed by atoms with Crippen LogP contribution in [-0.2, 0) is 6.54 Å². The number of piperazine rings is 1. The lowest BCUT2D eigenvalue weighted by atomic mass is 10.1. The second kappa shape index (κ2) is 9.28. The number of rotatable bonds is 7. The van der Waals surface area contributed by atoms with Gasteiger partial charge in [-0.2, -0.15) is 0 Å². The number of fused-ring (bicyclic) bond motifs is 1. The Morgan fingerprint density at radius 2 is 1.68 bits per heavy atom. The van der Waals surface area contributed by atoms with Crippen molar-refractivity contribution in [3.63, 3.8) is 0 Å². The third-order valence-electron chi connectivity index (χ3n) is 5.63. The van der Waals surface area contributed by atoms with E-state index in [1.54, 1.807) is 12.1 Å². The number of benzene rings is 2. The number of amides is 1. The van der Waals surface area contributed by atoms with Crippen LogP contribution in [0.3, 0.4) is 0 Å². The fraction of sp³-hybridized carbons (Fsp3) is 0.348. The van der Waals surface area contributed by atoms with Crippen LogP contribution in [0.15, 0.2) is 42.6 Å². The van der Waals surface area contributed by atoms with Crippen molar-refractivity contribution < 1.29 is 19.0 Å². The van der Waals surface area contributed by atoms with Crippen LogP contribution in [0.4, 0.5) is 0 Å².